The lowest BCUT2D eigenvalue weighted by Crippen LogP contribution is -2.00. The molecule has 32 heavy (non-hydrogen) atoms. The van der Waals surface area contributed by atoms with Crippen LogP contribution in [0.25, 0.3) is 11.6 Å². The summed E-state index contributed by atoms with van der Waals surface area (Å²) in [6.45, 7) is 2.17. The largest absolute Gasteiger partial charge is 0.204 e. The van der Waals surface area contributed by atoms with Gasteiger partial charge in [-0.1, -0.05) is 49.5 Å². The fourth-order valence-corrected chi connectivity index (χ4v) is 3.98. The Morgan fingerprint density at radius 2 is 1.59 bits per heavy atom. The zero-order chi connectivity index (χ0) is 22.5. The van der Waals surface area contributed by atoms with E-state index < -0.39 is 17.3 Å². The number of rotatable bonds is 4. The highest BCUT2D eigenvalue weighted by molar-refractivity contribution is 7.78. The number of hydrogen-bond donors (Lipinski definition) is 0. The molecule has 0 saturated heterocycles. The van der Waals surface area contributed by atoms with Crippen molar-refractivity contribution in [1.29, 1.82) is 0 Å². The van der Waals surface area contributed by atoms with Crippen LogP contribution < -0.4 is 0 Å². The van der Waals surface area contributed by atoms with Crippen molar-refractivity contribution in [3.63, 3.8) is 0 Å². The first-order valence-electron chi connectivity index (χ1n) is 10.6. The molecule has 1 aliphatic rings. The average Bonchev–Trinajstić information content (AvgIpc) is 2.80. The van der Waals surface area contributed by atoms with Crippen LogP contribution in [-0.2, 0) is 12.8 Å². The van der Waals surface area contributed by atoms with E-state index in [1.165, 1.54) is 23.3 Å². The van der Waals surface area contributed by atoms with Crippen LogP contribution in [-0.4, -0.2) is 5.16 Å². The second-order valence-corrected chi connectivity index (χ2v) is 7.95. The minimum Gasteiger partial charge on any atom is -0.204 e. The lowest BCUT2D eigenvalue weighted by Gasteiger charge is -2.17. The number of allylic oxidation sites excluding steroid dienone is 1. The molecule has 0 radical (unpaired) electrons. The highest BCUT2D eigenvalue weighted by atomic mass is 32.1. The molecule has 3 aromatic carbocycles. The van der Waals surface area contributed by atoms with Gasteiger partial charge in [-0.3, -0.25) is 0 Å². The van der Waals surface area contributed by atoms with Crippen LogP contribution in [0.4, 0.5) is 14.5 Å². The summed E-state index contributed by atoms with van der Waals surface area (Å²) in [5.74, 6) is 5.00. The van der Waals surface area contributed by atoms with Crippen molar-refractivity contribution in [2.24, 2.45) is 4.99 Å². The molecule has 4 rings (SSSR count). The van der Waals surface area contributed by atoms with Gasteiger partial charge in [0, 0.05) is 11.1 Å². The van der Waals surface area contributed by atoms with Crippen LogP contribution in [0.1, 0.15) is 53.1 Å². The summed E-state index contributed by atoms with van der Waals surface area (Å²) in [4.78, 5) is 3.47. The molecule has 0 unspecified atom stereocenters. The molecule has 0 saturated carbocycles. The average molecular weight is 442 g/mol. The fraction of sp³-hybridized carbons (Fsp3) is 0.179. The molecule has 1 aliphatic carbocycles. The molecule has 0 amide bonds. The fourth-order valence-electron chi connectivity index (χ4n) is 3.89. The quantitative estimate of drug-likeness (QED) is 0.231. The molecule has 0 spiro atoms. The summed E-state index contributed by atoms with van der Waals surface area (Å²) in [5, 5.41) is 2.01. The highest BCUT2D eigenvalue weighted by Crippen LogP contribution is 2.34. The van der Waals surface area contributed by atoms with Crippen molar-refractivity contribution in [3.8, 4) is 11.8 Å². The van der Waals surface area contributed by atoms with Gasteiger partial charge in [0.1, 0.15) is 5.69 Å². The monoisotopic (exact) mass is 441 g/mol. The lowest BCUT2D eigenvalue weighted by molar-refractivity contribution is 0.587. The first kappa shape index (κ1) is 21.8. The molecular formula is C28H21F2NS. The Labute approximate surface area is 192 Å². The standard InChI is InChI=1S/C28H21F2NS/c1-2-3-19-4-6-20(7-5-19)8-9-21-10-11-23-15-24(13-12-22(23)14-21)25-16-26(29)28(31-18-32)27(30)17-25/h4-7,10-11,14-17H,2-3,12-13H2,1H3. The van der Waals surface area contributed by atoms with Crippen molar-refractivity contribution in [1.82, 2.24) is 0 Å². The highest BCUT2D eigenvalue weighted by Gasteiger charge is 2.16. The summed E-state index contributed by atoms with van der Waals surface area (Å²) in [5.41, 5.74) is 6.51. The van der Waals surface area contributed by atoms with E-state index >= 15 is 0 Å². The predicted octanol–water partition coefficient (Wildman–Crippen LogP) is 7.54. The first-order chi connectivity index (χ1) is 15.6. The number of isothiocyanates is 1. The van der Waals surface area contributed by atoms with E-state index in [-0.39, 0.29) is 0 Å². The molecular weight excluding hydrogens is 420 g/mol. The third kappa shape index (κ3) is 4.92. The maximum atomic E-state index is 14.2. The van der Waals surface area contributed by atoms with E-state index in [1.54, 1.807) is 0 Å². The zero-order valence-electron chi connectivity index (χ0n) is 17.7. The van der Waals surface area contributed by atoms with Gasteiger partial charge in [-0.15, -0.1) is 0 Å². The Kier molecular flexibility index (Phi) is 6.71. The topological polar surface area (TPSA) is 12.4 Å². The lowest BCUT2D eigenvalue weighted by atomic mass is 9.87. The summed E-state index contributed by atoms with van der Waals surface area (Å²) < 4.78 is 28.4. The number of aliphatic imine (C=N–C) groups is 1. The number of halogens is 2. The van der Waals surface area contributed by atoms with Crippen LogP contribution in [0.5, 0.6) is 0 Å². The molecule has 1 nitrogen and oxygen atoms in total. The Bertz CT molecular complexity index is 1280. The van der Waals surface area contributed by atoms with Crippen molar-refractivity contribution in [3.05, 3.63) is 99.6 Å². The Hall–Kier alpha value is -3.38. The second-order valence-electron chi connectivity index (χ2n) is 7.77. The van der Waals surface area contributed by atoms with E-state index in [2.05, 4.69) is 66.3 Å². The summed E-state index contributed by atoms with van der Waals surface area (Å²) in [6, 6.07) is 17.1. The van der Waals surface area contributed by atoms with Crippen molar-refractivity contribution >= 4 is 34.7 Å². The molecule has 0 N–H and O–H groups in total. The summed E-state index contributed by atoms with van der Waals surface area (Å²) in [6.07, 6.45) is 5.67. The van der Waals surface area contributed by atoms with Crippen molar-refractivity contribution < 1.29 is 8.78 Å². The number of fused-ring (bicyclic) bond motifs is 1. The molecule has 0 fully saturated rings. The van der Waals surface area contributed by atoms with Gasteiger partial charge in [0.2, 0.25) is 0 Å². The van der Waals surface area contributed by atoms with Gasteiger partial charge in [0.05, 0.1) is 5.16 Å². The molecule has 3 aromatic rings. The Morgan fingerprint density at radius 3 is 2.28 bits per heavy atom. The van der Waals surface area contributed by atoms with E-state index in [9.17, 15) is 8.78 Å². The molecule has 158 valence electrons. The van der Waals surface area contributed by atoms with E-state index in [4.69, 9.17) is 0 Å². The first-order valence-corrected chi connectivity index (χ1v) is 11.0. The molecule has 4 heteroatoms. The van der Waals surface area contributed by atoms with E-state index in [0.717, 1.165) is 41.5 Å². The minimum absolute atomic E-state index is 0.399. The molecule has 0 aliphatic heterocycles. The van der Waals surface area contributed by atoms with Gasteiger partial charge in [0.15, 0.2) is 11.6 Å². The van der Waals surface area contributed by atoms with Gasteiger partial charge in [-0.05, 0) is 95.7 Å². The third-order valence-electron chi connectivity index (χ3n) is 5.53. The number of aryl methyl sites for hydroxylation is 2. The second kappa shape index (κ2) is 9.83. The predicted molar refractivity (Wildman–Crippen MR) is 130 cm³/mol. The molecule has 0 bridgehead atoms. The SMILES string of the molecule is CCCc1ccc(C#Cc2ccc3c(c2)CCC(c2cc(F)c(N=C=S)c(F)c2)=C3)cc1. The molecule has 0 aromatic heterocycles. The molecule has 0 atom stereocenters. The summed E-state index contributed by atoms with van der Waals surface area (Å²) in [7, 11) is 0. The van der Waals surface area contributed by atoms with Crippen LogP contribution in [0.15, 0.2) is 59.6 Å². The van der Waals surface area contributed by atoms with Crippen molar-refractivity contribution in [2.45, 2.75) is 32.6 Å². The van der Waals surface area contributed by atoms with E-state index in [0.29, 0.717) is 12.0 Å². The zero-order valence-corrected chi connectivity index (χ0v) is 18.5. The van der Waals surface area contributed by atoms with Crippen LogP contribution >= 0.6 is 12.2 Å². The Balaban J connectivity index is 1.57. The maximum absolute atomic E-state index is 14.2. The van der Waals surface area contributed by atoms with Gasteiger partial charge < -0.3 is 0 Å². The number of benzene rings is 3. The van der Waals surface area contributed by atoms with Gasteiger partial charge in [0.25, 0.3) is 0 Å². The van der Waals surface area contributed by atoms with Gasteiger partial charge >= 0.3 is 0 Å². The summed E-state index contributed by atoms with van der Waals surface area (Å²) >= 11 is 4.46. The third-order valence-corrected chi connectivity index (χ3v) is 5.62. The Morgan fingerprint density at radius 1 is 0.906 bits per heavy atom. The van der Waals surface area contributed by atoms with Crippen molar-refractivity contribution in [2.75, 3.05) is 0 Å². The van der Waals surface area contributed by atoms with Crippen LogP contribution in [0, 0.1) is 23.5 Å². The van der Waals surface area contributed by atoms with E-state index in [1.807, 2.05) is 23.4 Å². The molecule has 0 heterocycles. The number of hydrogen-bond acceptors (Lipinski definition) is 2. The van der Waals surface area contributed by atoms with Gasteiger partial charge in [-0.25, -0.2) is 8.78 Å². The van der Waals surface area contributed by atoms with Gasteiger partial charge in [-0.2, -0.15) is 4.99 Å². The normalized spacial score (nSPS) is 12.2. The number of thiocarbonyl (C=S) groups is 1. The smallest absolute Gasteiger partial charge is 0.153 e. The maximum Gasteiger partial charge on any atom is 0.153 e. The number of nitrogens with zero attached hydrogens (tertiary/aromatic N) is 1. The van der Waals surface area contributed by atoms with Crippen LogP contribution in [0.2, 0.25) is 0 Å². The minimum atomic E-state index is -0.739. The van der Waals surface area contributed by atoms with Crippen LogP contribution in [0.3, 0.4) is 0 Å².